The molecule has 4 rings (SSSR count). The van der Waals surface area contributed by atoms with Crippen LogP contribution in [0, 0.1) is 0 Å². The Morgan fingerprint density at radius 1 is 1.21 bits per heavy atom. The minimum absolute atomic E-state index is 0.0667. The van der Waals surface area contributed by atoms with Gasteiger partial charge in [-0.05, 0) is 57.0 Å². The van der Waals surface area contributed by atoms with Crippen LogP contribution in [0.3, 0.4) is 0 Å². The number of hydrogen-bond donors (Lipinski definition) is 1. The Morgan fingerprint density at radius 2 is 1.97 bits per heavy atom. The van der Waals surface area contributed by atoms with Crippen molar-refractivity contribution in [3.63, 3.8) is 0 Å². The third-order valence-corrected chi connectivity index (χ3v) is 6.04. The van der Waals surface area contributed by atoms with Crippen LogP contribution in [-0.4, -0.2) is 40.4 Å². The number of aliphatic hydroxyl groups excluding tert-OH is 1. The molecule has 2 atom stereocenters. The van der Waals surface area contributed by atoms with E-state index in [0.29, 0.717) is 23.4 Å². The second-order valence-corrected chi connectivity index (χ2v) is 9.01. The number of carbonyl (C=O) groups excluding carboxylic acids is 2. The molecule has 6 nitrogen and oxygen atoms in total. The van der Waals surface area contributed by atoms with Crippen LogP contribution >= 0.6 is 0 Å². The Balaban J connectivity index is 1.86. The number of para-hydroxylation sites is 1. The summed E-state index contributed by atoms with van der Waals surface area (Å²) in [6.45, 7) is 8.31. The average molecular weight is 450 g/mol. The molecule has 2 aliphatic heterocycles. The normalized spacial score (nSPS) is 21.4. The van der Waals surface area contributed by atoms with Crippen molar-refractivity contribution in [3.8, 4) is 11.5 Å². The van der Waals surface area contributed by atoms with E-state index in [1.54, 1.807) is 11.0 Å². The number of likely N-dealkylation sites (tertiary alicyclic amines) is 1. The molecular weight excluding hydrogens is 418 g/mol. The van der Waals surface area contributed by atoms with Gasteiger partial charge in [-0.15, -0.1) is 0 Å². The lowest BCUT2D eigenvalue weighted by molar-refractivity contribution is -0.139. The molecule has 0 spiro atoms. The van der Waals surface area contributed by atoms with Gasteiger partial charge >= 0.3 is 0 Å². The molecule has 0 saturated carbocycles. The molecule has 33 heavy (non-hydrogen) atoms. The van der Waals surface area contributed by atoms with Crippen molar-refractivity contribution < 1.29 is 24.2 Å². The van der Waals surface area contributed by atoms with Crippen molar-refractivity contribution in [3.05, 3.63) is 64.7 Å². The summed E-state index contributed by atoms with van der Waals surface area (Å²) in [4.78, 5) is 27.9. The highest BCUT2D eigenvalue weighted by atomic mass is 16.5. The Morgan fingerprint density at radius 3 is 2.70 bits per heavy atom. The molecule has 2 unspecified atom stereocenters. The largest absolute Gasteiger partial charge is 0.507 e. The number of aliphatic hydroxyl groups is 1. The molecule has 0 bridgehead atoms. The van der Waals surface area contributed by atoms with Gasteiger partial charge in [0.25, 0.3) is 11.7 Å². The minimum Gasteiger partial charge on any atom is -0.507 e. The lowest BCUT2D eigenvalue weighted by atomic mass is 9.93. The number of unbranched alkanes of at least 4 members (excludes halogenated alkanes) is 1. The lowest BCUT2D eigenvalue weighted by Gasteiger charge is -2.27. The number of benzene rings is 2. The second-order valence-electron chi connectivity index (χ2n) is 9.01. The van der Waals surface area contributed by atoms with Crippen molar-refractivity contribution >= 4 is 17.4 Å². The van der Waals surface area contributed by atoms with Gasteiger partial charge in [-0.2, -0.15) is 0 Å². The number of hydrogen-bond acceptors (Lipinski definition) is 5. The first-order valence-corrected chi connectivity index (χ1v) is 11.7. The van der Waals surface area contributed by atoms with E-state index in [-0.39, 0.29) is 23.5 Å². The van der Waals surface area contributed by atoms with Crippen LogP contribution in [0.5, 0.6) is 11.5 Å². The van der Waals surface area contributed by atoms with E-state index in [4.69, 9.17) is 9.47 Å². The summed E-state index contributed by atoms with van der Waals surface area (Å²) in [6, 6.07) is 12.1. The summed E-state index contributed by atoms with van der Waals surface area (Å²) in [5, 5.41) is 11.4. The number of amides is 1. The maximum absolute atomic E-state index is 13.2. The fourth-order valence-electron chi connectivity index (χ4n) is 4.55. The van der Waals surface area contributed by atoms with Gasteiger partial charge in [0.05, 0.1) is 17.7 Å². The van der Waals surface area contributed by atoms with Crippen molar-refractivity contribution in [2.75, 3.05) is 6.54 Å². The monoisotopic (exact) mass is 449 g/mol. The van der Waals surface area contributed by atoms with E-state index in [1.165, 1.54) is 0 Å². The number of rotatable bonds is 7. The van der Waals surface area contributed by atoms with Gasteiger partial charge in [-0.25, -0.2) is 0 Å². The number of Topliss-reactive ketones (excluding diaryl/α,β-unsaturated/α-hetero) is 1. The first kappa shape index (κ1) is 22.9. The molecule has 6 heteroatoms. The average Bonchev–Trinajstić information content (AvgIpc) is 3.27. The summed E-state index contributed by atoms with van der Waals surface area (Å²) in [5.74, 6) is -0.0396. The zero-order valence-corrected chi connectivity index (χ0v) is 19.6. The van der Waals surface area contributed by atoms with Crippen LogP contribution in [0.15, 0.2) is 48.0 Å². The molecule has 0 aromatic heterocycles. The Bertz CT molecular complexity index is 1100. The number of carbonyl (C=O) groups is 2. The quantitative estimate of drug-likeness (QED) is 0.365. The minimum atomic E-state index is -0.713. The van der Waals surface area contributed by atoms with E-state index in [0.717, 1.165) is 30.6 Å². The molecule has 2 aliphatic rings. The van der Waals surface area contributed by atoms with Gasteiger partial charge in [0.1, 0.15) is 23.4 Å². The molecule has 0 aliphatic carbocycles. The van der Waals surface area contributed by atoms with Crippen molar-refractivity contribution in [1.29, 1.82) is 0 Å². The number of ether oxygens (including phenoxy) is 2. The summed E-state index contributed by atoms with van der Waals surface area (Å²) >= 11 is 0. The highest BCUT2D eigenvalue weighted by Crippen LogP contribution is 2.43. The Kier molecular flexibility index (Phi) is 6.45. The van der Waals surface area contributed by atoms with Crippen molar-refractivity contribution in [2.45, 2.75) is 65.2 Å². The molecule has 1 saturated heterocycles. The zero-order valence-electron chi connectivity index (χ0n) is 19.6. The fraction of sp³-hybridized carbons (Fsp3) is 0.407. The molecule has 2 heterocycles. The van der Waals surface area contributed by atoms with E-state index < -0.39 is 17.7 Å². The van der Waals surface area contributed by atoms with Crippen LogP contribution in [0.25, 0.3) is 5.76 Å². The molecule has 174 valence electrons. The molecule has 1 amide bonds. The molecule has 0 radical (unpaired) electrons. The van der Waals surface area contributed by atoms with Gasteiger partial charge in [-0.3, -0.25) is 9.59 Å². The predicted octanol–water partition coefficient (Wildman–Crippen LogP) is 5.02. The fourth-order valence-corrected chi connectivity index (χ4v) is 4.55. The Labute approximate surface area is 194 Å². The van der Waals surface area contributed by atoms with E-state index in [1.807, 2.05) is 64.1 Å². The third kappa shape index (κ3) is 4.34. The molecule has 2 aromatic carbocycles. The van der Waals surface area contributed by atoms with E-state index in [9.17, 15) is 14.7 Å². The standard InChI is InChI=1S/C27H31NO5/c1-5-6-13-28-24(20-9-7-8-10-22(20)32-16(2)3)23(26(30)27(28)31)25(29)18-11-12-21-19(15-18)14-17(4)33-21/h7-12,15-17,24,29H,5-6,13-14H2,1-4H3/b25-23+. The molecule has 1 N–H and O–H groups in total. The smallest absolute Gasteiger partial charge is 0.295 e. The third-order valence-electron chi connectivity index (χ3n) is 6.04. The summed E-state index contributed by atoms with van der Waals surface area (Å²) < 4.78 is 11.8. The first-order valence-electron chi connectivity index (χ1n) is 11.7. The van der Waals surface area contributed by atoms with Gasteiger partial charge in [0.15, 0.2) is 0 Å². The van der Waals surface area contributed by atoms with Gasteiger partial charge in [0.2, 0.25) is 0 Å². The Hall–Kier alpha value is -3.28. The summed E-state index contributed by atoms with van der Waals surface area (Å²) in [5.41, 5.74) is 2.28. The second kappa shape index (κ2) is 9.30. The highest BCUT2D eigenvalue weighted by Gasteiger charge is 2.46. The SMILES string of the molecule is CCCCN1C(=O)C(=O)/C(=C(/O)c2ccc3c(c2)CC(C)O3)C1c1ccccc1OC(C)C. The maximum Gasteiger partial charge on any atom is 0.295 e. The first-order chi connectivity index (χ1) is 15.8. The van der Waals surface area contributed by atoms with Crippen LogP contribution in [0.2, 0.25) is 0 Å². The van der Waals surface area contributed by atoms with Gasteiger partial charge < -0.3 is 19.5 Å². The molecule has 1 fully saturated rings. The number of ketones is 1. The highest BCUT2D eigenvalue weighted by molar-refractivity contribution is 6.46. The molecule has 2 aromatic rings. The topological polar surface area (TPSA) is 76.1 Å². The van der Waals surface area contributed by atoms with E-state index in [2.05, 4.69) is 0 Å². The van der Waals surface area contributed by atoms with Crippen molar-refractivity contribution in [1.82, 2.24) is 4.90 Å². The van der Waals surface area contributed by atoms with Gasteiger partial charge in [-0.1, -0.05) is 31.5 Å². The predicted molar refractivity (Wildman–Crippen MR) is 126 cm³/mol. The summed E-state index contributed by atoms with van der Waals surface area (Å²) in [7, 11) is 0. The maximum atomic E-state index is 13.2. The number of fused-ring (bicyclic) bond motifs is 1. The van der Waals surface area contributed by atoms with Crippen LogP contribution < -0.4 is 9.47 Å². The molecular formula is C27H31NO5. The van der Waals surface area contributed by atoms with Crippen molar-refractivity contribution in [2.24, 2.45) is 0 Å². The van der Waals surface area contributed by atoms with Crippen LogP contribution in [0.1, 0.15) is 63.3 Å². The van der Waals surface area contributed by atoms with Gasteiger partial charge in [0, 0.05) is 24.1 Å². The summed E-state index contributed by atoms with van der Waals surface area (Å²) in [6.07, 6.45) is 2.35. The van der Waals surface area contributed by atoms with E-state index >= 15 is 0 Å². The van der Waals surface area contributed by atoms with Crippen LogP contribution in [-0.2, 0) is 16.0 Å². The zero-order chi connectivity index (χ0) is 23.7. The number of nitrogens with zero attached hydrogens (tertiary/aromatic N) is 1. The van der Waals surface area contributed by atoms with Crippen LogP contribution in [0.4, 0.5) is 0 Å². The lowest BCUT2D eigenvalue weighted by Crippen LogP contribution is -2.31.